The van der Waals surface area contributed by atoms with Crippen LogP contribution >= 0.6 is 0 Å². The number of rotatable bonds is 5. The normalized spacial score (nSPS) is 15.8. The summed E-state index contributed by atoms with van der Waals surface area (Å²) in [6.45, 7) is 4.70. The standard InChI is InChI=1S/C12H20N4O2/c1-9-11(5-14-16(9)4-2-3-13)12(18)15-6-10(7-15)8-17/h5,10,17H,2-4,6-8,13H2,1H3. The van der Waals surface area contributed by atoms with Crippen LogP contribution in [0, 0.1) is 12.8 Å². The number of aryl methyl sites for hydroxylation is 1. The zero-order valence-electron chi connectivity index (χ0n) is 10.7. The van der Waals surface area contributed by atoms with Crippen LogP contribution in [0.2, 0.25) is 0 Å². The molecule has 0 atom stereocenters. The van der Waals surface area contributed by atoms with E-state index in [-0.39, 0.29) is 18.4 Å². The lowest BCUT2D eigenvalue weighted by atomic mass is 10.0. The summed E-state index contributed by atoms with van der Waals surface area (Å²) in [5.41, 5.74) is 7.01. The number of aliphatic hydroxyl groups is 1. The Kier molecular flexibility index (Phi) is 3.98. The lowest BCUT2D eigenvalue weighted by molar-refractivity contribution is 0.0361. The van der Waals surface area contributed by atoms with Crippen LogP contribution < -0.4 is 5.73 Å². The summed E-state index contributed by atoms with van der Waals surface area (Å²) in [4.78, 5) is 13.9. The van der Waals surface area contributed by atoms with Gasteiger partial charge in [0.2, 0.25) is 0 Å². The SMILES string of the molecule is Cc1c(C(=O)N2CC(CO)C2)cnn1CCCN. The van der Waals surface area contributed by atoms with Crippen molar-refractivity contribution in [3.8, 4) is 0 Å². The first-order chi connectivity index (χ1) is 8.67. The maximum Gasteiger partial charge on any atom is 0.257 e. The van der Waals surface area contributed by atoms with Crippen molar-refractivity contribution in [3.63, 3.8) is 0 Å². The van der Waals surface area contributed by atoms with Gasteiger partial charge in [-0.15, -0.1) is 0 Å². The van der Waals surface area contributed by atoms with Crippen LogP contribution in [0.5, 0.6) is 0 Å². The van der Waals surface area contributed by atoms with Gasteiger partial charge in [0.05, 0.1) is 11.8 Å². The lowest BCUT2D eigenvalue weighted by Crippen LogP contribution is -2.51. The number of nitrogens with two attached hydrogens (primary N) is 1. The van der Waals surface area contributed by atoms with E-state index in [1.54, 1.807) is 11.1 Å². The molecule has 1 aliphatic rings. The van der Waals surface area contributed by atoms with E-state index >= 15 is 0 Å². The van der Waals surface area contributed by atoms with E-state index in [9.17, 15) is 4.79 Å². The topological polar surface area (TPSA) is 84.4 Å². The monoisotopic (exact) mass is 252 g/mol. The van der Waals surface area contributed by atoms with Gasteiger partial charge in [-0.05, 0) is 19.9 Å². The van der Waals surface area contributed by atoms with Crippen molar-refractivity contribution in [1.29, 1.82) is 0 Å². The van der Waals surface area contributed by atoms with Crippen LogP contribution in [0.1, 0.15) is 22.5 Å². The number of hydrogen-bond acceptors (Lipinski definition) is 4. The zero-order chi connectivity index (χ0) is 13.1. The van der Waals surface area contributed by atoms with Gasteiger partial charge in [-0.25, -0.2) is 0 Å². The van der Waals surface area contributed by atoms with Crippen molar-refractivity contribution in [2.75, 3.05) is 26.2 Å². The minimum Gasteiger partial charge on any atom is -0.396 e. The van der Waals surface area contributed by atoms with Crippen molar-refractivity contribution in [1.82, 2.24) is 14.7 Å². The Morgan fingerprint density at radius 3 is 2.94 bits per heavy atom. The lowest BCUT2D eigenvalue weighted by Gasteiger charge is -2.38. The molecule has 0 saturated carbocycles. The van der Waals surface area contributed by atoms with Gasteiger partial charge < -0.3 is 15.7 Å². The summed E-state index contributed by atoms with van der Waals surface area (Å²) in [6.07, 6.45) is 2.48. The zero-order valence-corrected chi connectivity index (χ0v) is 10.7. The summed E-state index contributed by atoms with van der Waals surface area (Å²) in [5, 5.41) is 13.2. The van der Waals surface area contributed by atoms with Crippen LogP contribution in [0.4, 0.5) is 0 Å². The van der Waals surface area contributed by atoms with Crippen LogP contribution in [0.25, 0.3) is 0 Å². The molecule has 2 heterocycles. The van der Waals surface area contributed by atoms with E-state index in [1.165, 1.54) is 0 Å². The Labute approximate surface area is 106 Å². The Morgan fingerprint density at radius 2 is 2.33 bits per heavy atom. The second-order valence-electron chi connectivity index (χ2n) is 4.77. The highest BCUT2D eigenvalue weighted by molar-refractivity contribution is 5.95. The highest BCUT2D eigenvalue weighted by Gasteiger charge is 2.31. The van der Waals surface area contributed by atoms with Gasteiger partial charge in [-0.2, -0.15) is 5.10 Å². The molecule has 0 spiro atoms. The molecule has 1 aromatic rings. The molecule has 1 saturated heterocycles. The smallest absolute Gasteiger partial charge is 0.257 e. The Balaban J connectivity index is 2.01. The minimum absolute atomic E-state index is 0.0104. The summed E-state index contributed by atoms with van der Waals surface area (Å²) in [5.74, 6) is 0.248. The summed E-state index contributed by atoms with van der Waals surface area (Å²) >= 11 is 0. The van der Waals surface area contributed by atoms with E-state index in [0.29, 0.717) is 25.2 Å². The van der Waals surface area contributed by atoms with Gasteiger partial charge in [-0.1, -0.05) is 0 Å². The minimum atomic E-state index is 0.0104. The Bertz CT molecular complexity index is 424. The number of aliphatic hydroxyl groups excluding tert-OH is 1. The first-order valence-electron chi connectivity index (χ1n) is 6.30. The molecule has 0 aliphatic carbocycles. The highest BCUT2D eigenvalue weighted by atomic mass is 16.3. The second-order valence-corrected chi connectivity index (χ2v) is 4.77. The van der Waals surface area contributed by atoms with Gasteiger partial charge in [0, 0.05) is 37.9 Å². The first kappa shape index (κ1) is 13.0. The number of carbonyl (C=O) groups is 1. The molecular weight excluding hydrogens is 232 g/mol. The molecule has 6 heteroatoms. The average molecular weight is 252 g/mol. The molecule has 0 unspecified atom stereocenters. The second kappa shape index (κ2) is 5.49. The van der Waals surface area contributed by atoms with Crippen molar-refractivity contribution < 1.29 is 9.90 Å². The fraction of sp³-hybridized carbons (Fsp3) is 0.667. The number of likely N-dealkylation sites (tertiary alicyclic amines) is 1. The summed E-state index contributed by atoms with van der Waals surface area (Å²) in [7, 11) is 0. The van der Waals surface area contributed by atoms with Gasteiger partial charge in [0.25, 0.3) is 5.91 Å². The molecule has 0 aromatic carbocycles. The third-order valence-electron chi connectivity index (χ3n) is 3.41. The molecular formula is C12H20N4O2. The van der Waals surface area contributed by atoms with Crippen molar-refractivity contribution in [2.45, 2.75) is 19.9 Å². The van der Waals surface area contributed by atoms with Gasteiger partial charge >= 0.3 is 0 Å². The highest BCUT2D eigenvalue weighted by Crippen LogP contribution is 2.19. The number of nitrogens with zero attached hydrogens (tertiary/aromatic N) is 3. The molecule has 100 valence electrons. The Hall–Kier alpha value is -1.40. The number of aromatic nitrogens is 2. The molecule has 6 nitrogen and oxygen atoms in total. The summed E-state index contributed by atoms with van der Waals surface area (Å²) in [6, 6.07) is 0. The molecule has 2 rings (SSSR count). The van der Waals surface area contributed by atoms with Crippen LogP contribution in [0.3, 0.4) is 0 Å². The van der Waals surface area contributed by atoms with E-state index < -0.39 is 0 Å². The van der Waals surface area contributed by atoms with E-state index in [0.717, 1.165) is 18.7 Å². The van der Waals surface area contributed by atoms with E-state index in [1.807, 2.05) is 11.6 Å². The molecule has 18 heavy (non-hydrogen) atoms. The average Bonchev–Trinajstić information content (AvgIpc) is 2.66. The largest absolute Gasteiger partial charge is 0.396 e. The molecule has 1 aliphatic heterocycles. The molecule has 3 N–H and O–H groups in total. The molecule has 0 bridgehead atoms. The van der Waals surface area contributed by atoms with Crippen LogP contribution in [-0.2, 0) is 6.54 Å². The van der Waals surface area contributed by atoms with Crippen molar-refractivity contribution in [3.05, 3.63) is 17.5 Å². The predicted octanol–water partition coefficient (Wildman–Crippen LogP) is -0.395. The fourth-order valence-corrected chi connectivity index (χ4v) is 2.14. The van der Waals surface area contributed by atoms with E-state index in [4.69, 9.17) is 10.8 Å². The van der Waals surface area contributed by atoms with Gasteiger partial charge in [-0.3, -0.25) is 9.48 Å². The third kappa shape index (κ3) is 2.39. The third-order valence-corrected chi connectivity index (χ3v) is 3.41. The van der Waals surface area contributed by atoms with Crippen LogP contribution in [0.15, 0.2) is 6.20 Å². The van der Waals surface area contributed by atoms with Gasteiger partial charge in [0.1, 0.15) is 0 Å². The molecule has 1 amide bonds. The van der Waals surface area contributed by atoms with Crippen molar-refractivity contribution in [2.24, 2.45) is 11.7 Å². The molecule has 1 aromatic heterocycles. The molecule has 0 radical (unpaired) electrons. The maximum atomic E-state index is 12.2. The quantitative estimate of drug-likeness (QED) is 0.747. The molecule has 1 fully saturated rings. The maximum absolute atomic E-state index is 12.2. The number of hydrogen-bond donors (Lipinski definition) is 2. The predicted molar refractivity (Wildman–Crippen MR) is 67.1 cm³/mol. The first-order valence-corrected chi connectivity index (χ1v) is 6.30. The van der Waals surface area contributed by atoms with Crippen molar-refractivity contribution >= 4 is 5.91 Å². The van der Waals surface area contributed by atoms with Crippen LogP contribution in [-0.4, -0.2) is 51.9 Å². The fourth-order valence-electron chi connectivity index (χ4n) is 2.14. The van der Waals surface area contributed by atoms with E-state index in [2.05, 4.69) is 5.10 Å². The number of amides is 1. The number of carbonyl (C=O) groups excluding carboxylic acids is 1. The van der Waals surface area contributed by atoms with Gasteiger partial charge in [0.15, 0.2) is 0 Å². The summed E-state index contributed by atoms with van der Waals surface area (Å²) < 4.78 is 1.82. The Morgan fingerprint density at radius 1 is 1.61 bits per heavy atom.